The summed E-state index contributed by atoms with van der Waals surface area (Å²) in [5, 5.41) is 0.973. The molecule has 0 aromatic carbocycles. The third-order valence-corrected chi connectivity index (χ3v) is 6.65. The molecule has 25 heavy (non-hydrogen) atoms. The molecule has 5 nitrogen and oxygen atoms in total. The van der Waals surface area contributed by atoms with Crippen LogP contribution >= 0.6 is 11.3 Å². The fourth-order valence-corrected chi connectivity index (χ4v) is 4.97. The topological polar surface area (TPSA) is 62.5 Å². The van der Waals surface area contributed by atoms with Gasteiger partial charge in [0.15, 0.2) is 0 Å². The number of rotatable bonds is 2. The highest BCUT2D eigenvalue weighted by Crippen LogP contribution is 2.36. The summed E-state index contributed by atoms with van der Waals surface area (Å²) in [6.45, 7) is 6.66. The van der Waals surface area contributed by atoms with Crippen LogP contribution in [-0.4, -0.2) is 53.4 Å². The number of carbonyl (C=O) groups is 1. The van der Waals surface area contributed by atoms with Crippen molar-refractivity contribution < 1.29 is 4.79 Å². The van der Waals surface area contributed by atoms with Gasteiger partial charge in [-0.3, -0.25) is 4.79 Å². The van der Waals surface area contributed by atoms with Crippen molar-refractivity contribution in [3.8, 4) is 0 Å². The van der Waals surface area contributed by atoms with Crippen LogP contribution in [-0.2, 0) is 12.8 Å². The minimum absolute atomic E-state index is 0.0754. The standard InChI is InChI=1S/C19H26N4OS/c1-2-22-8-10-23(11-9-22)19(24)17-16(20)14-12-13-6-4-3-5-7-15(13)21-18(14)25-17/h12H,2-11,20H2,1H3. The summed E-state index contributed by atoms with van der Waals surface area (Å²) in [7, 11) is 0. The van der Waals surface area contributed by atoms with Crippen molar-refractivity contribution in [1.82, 2.24) is 14.8 Å². The number of amides is 1. The molecule has 1 aliphatic heterocycles. The molecule has 2 aromatic heterocycles. The van der Waals surface area contributed by atoms with Gasteiger partial charge in [-0.15, -0.1) is 11.3 Å². The molecule has 4 rings (SSSR count). The fourth-order valence-electron chi connectivity index (χ4n) is 3.91. The van der Waals surface area contributed by atoms with Gasteiger partial charge < -0.3 is 15.5 Å². The van der Waals surface area contributed by atoms with Gasteiger partial charge in [-0.1, -0.05) is 13.3 Å². The largest absolute Gasteiger partial charge is 0.397 e. The van der Waals surface area contributed by atoms with E-state index >= 15 is 0 Å². The van der Waals surface area contributed by atoms with Crippen LogP contribution in [0.25, 0.3) is 10.2 Å². The number of carbonyl (C=O) groups excluding carboxylic acids is 1. The van der Waals surface area contributed by atoms with E-state index in [0.717, 1.165) is 55.8 Å². The Hall–Kier alpha value is -1.66. The van der Waals surface area contributed by atoms with Crippen LogP contribution in [0.4, 0.5) is 5.69 Å². The minimum atomic E-state index is 0.0754. The van der Waals surface area contributed by atoms with E-state index in [2.05, 4.69) is 17.9 Å². The van der Waals surface area contributed by atoms with E-state index in [1.807, 2.05) is 4.90 Å². The van der Waals surface area contributed by atoms with Crippen LogP contribution in [0.3, 0.4) is 0 Å². The summed E-state index contributed by atoms with van der Waals surface area (Å²) < 4.78 is 0. The van der Waals surface area contributed by atoms with Gasteiger partial charge in [0, 0.05) is 37.3 Å². The Kier molecular flexibility index (Phi) is 4.65. The Bertz CT molecular complexity index is 792. The number of anilines is 1. The molecule has 3 heterocycles. The molecular weight excluding hydrogens is 332 g/mol. The quantitative estimate of drug-likeness (QED) is 0.839. The Balaban J connectivity index is 1.64. The number of hydrogen-bond acceptors (Lipinski definition) is 5. The number of nitrogens with two attached hydrogens (primary N) is 1. The highest BCUT2D eigenvalue weighted by molar-refractivity contribution is 7.21. The number of fused-ring (bicyclic) bond motifs is 2. The Morgan fingerprint density at radius 2 is 1.96 bits per heavy atom. The third-order valence-electron chi connectivity index (χ3n) is 5.55. The van der Waals surface area contributed by atoms with E-state index in [9.17, 15) is 4.79 Å². The van der Waals surface area contributed by atoms with E-state index in [1.54, 1.807) is 0 Å². The lowest BCUT2D eigenvalue weighted by atomic mass is 10.1. The number of likely N-dealkylation sites (N-methyl/N-ethyl adjacent to an activating group) is 1. The highest BCUT2D eigenvalue weighted by atomic mass is 32.1. The predicted molar refractivity (Wildman–Crippen MR) is 103 cm³/mol. The molecule has 0 radical (unpaired) electrons. The van der Waals surface area contributed by atoms with E-state index in [0.29, 0.717) is 10.6 Å². The molecule has 1 saturated heterocycles. The smallest absolute Gasteiger partial charge is 0.266 e. The average Bonchev–Trinajstić information content (AvgIpc) is 2.82. The van der Waals surface area contributed by atoms with E-state index in [4.69, 9.17) is 10.7 Å². The van der Waals surface area contributed by atoms with Crippen molar-refractivity contribution in [3.63, 3.8) is 0 Å². The molecule has 134 valence electrons. The van der Waals surface area contributed by atoms with Crippen LogP contribution in [0.5, 0.6) is 0 Å². The predicted octanol–water partition coefficient (Wildman–Crippen LogP) is 2.93. The molecule has 2 aromatic rings. The van der Waals surface area contributed by atoms with Gasteiger partial charge in [0.05, 0.1) is 5.69 Å². The maximum Gasteiger partial charge on any atom is 0.266 e. The lowest BCUT2D eigenvalue weighted by Crippen LogP contribution is -2.48. The maximum absolute atomic E-state index is 13.0. The van der Waals surface area contributed by atoms with E-state index < -0.39 is 0 Å². The number of thiophene rings is 1. The normalized spacial score (nSPS) is 19.0. The summed E-state index contributed by atoms with van der Waals surface area (Å²) in [5.74, 6) is 0.0754. The molecule has 2 N–H and O–H groups in total. The van der Waals surface area contributed by atoms with Gasteiger partial charge in [0.2, 0.25) is 0 Å². The molecule has 6 heteroatoms. The minimum Gasteiger partial charge on any atom is -0.397 e. The summed E-state index contributed by atoms with van der Waals surface area (Å²) in [4.78, 5) is 23.8. The van der Waals surface area contributed by atoms with Crippen molar-refractivity contribution in [3.05, 3.63) is 22.2 Å². The summed E-state index contributed by atoms with van der Waals surface area (Å²) in [6.07, 6.45) is 5.83. The number of nitrogens with zero attached hydrogens (tertiary/aromatic N) is 3. The number of aromatic nitrogens is 1. The molecule has 2 aliphatic rings. The molecule has 0 bridgehead atoms. The van der Waals surface area contributed by atoms with Crippen molar-refractivity contribution in [2.24, 2.45) is 0 Å². The number of nitrogen functional groups attached to an aromatic ring is 1. The second-order valence-corrected chi connectivity index (χ2v) is 8.08. The third kappa shape index (κ3) is 3.13. The number of pyridine rings is 1. The fraction of sp³-hybridized carbons (Fsp3) is 0.579. The molecule has 1 amide bonds. The second-order valence-electron chi connectivity index (χ2n) is 7.08. The first kappa shape index (κ1) is 16.8. The van der Waals surface area contributed by atoms with Gasteiger partial charge in [-0.2, -0.15) is 0 Å². The molecule has 0 unspecified atom stereocenters. The molecule has 0 saturated carbocycles. The second kappa shape index (κ2) is 6.92. The summed E-state index contributed by atoms with van der Waals surface area (Å²) >= 11 is 1.47. The van der Waals surface area contributed by atoms with Crippen LogP contribution in [0.1, 0.15) is 47.1 Å². The van der Waals surface area contributed by atoms with Gasteiger partial charge >= 0.3 is 0 Å². The van der Waals surface area contributed by atoms with Gasteiger partial charge in [-0.05, 0) is 43.9 Å². The van der Waals surface area contributed by atoms with E-state index in [-0.39, 0.29) is 5.91 Å². The van der Waals surface area contributed by atoms with Gasteiger partial charge in [0.1, 0.15) is 9.71 Å². The zero-order valence-corrected chi connectivity index (χ0v) is 15.7. The molecule has 1 aliphatic carbocycles. The molecule has 1 fully saturated rings. The Morgan fingerprint density at radius 1 is 1.20 bits per heavy atom. The zero-order chi connectivity index (χ0) is 17.4. The number of hydrogen-bond donors (Lipinski definition) is 1. The first-order valence-electron chi connectivity index (χ1n) is 9.39. The zero-order valence-electron chi connectivity index (χ0n) is 14.9. The lowest BCUT2D eigenvalue weighted by Gasteiger charge is -2.33. The van der Waals surface area contributed by atoms with Gasteiger partial charge in [-0.25, -0.2) is 4.98 Å². The average molecular weight is 359 g/mol. The first-order chi connectivity index (χ1) is 12.2. The van der Waals surface area contributed by atoms with Crippen molar-refractivity contribution in [2.75, 3.05) is 38.5 Å². The van der Waals surface area contributed by atoms with Crippen molar-refractivity contribution in [2.45, 2.75) is 39.0 Å². The van der Waals surface area contributed by atoms with Crippen LogP contribution < -0.4 is 5.73 Å². The van der Waals surface area contributed by atoms with Crippen LogP contribution in [0.2, 0.25) is 0 Å². The summed E-state index contributed by atoms with van der Waals surface area (Å²) in [6, 6.07) is 2.20. The Labute approximate surface area is 152 Å². The SMILES string of the molecule is CCN1CCN(C(=O)c2sc3nc4c(cc3c2N)CCCCC4)CC1. The molecule has 0 spiro atoms. The van der Waals surface area contributed by atoms with Crippen molar-refractivity contribution in [1.29, 1.82) is 0 Å². The first-order valence-corrected chi connectivity index (χ1v) is 10.2. The van der Waals surface area contributed by atoms with Crippen LogP contribution in [0.15, 0.2) is 6.07 Å². The lowest BCUT2D eigenvalue weighted by molar-refractivity contribution is 0.0649. The number of piperazine rings is 1. The van der Waals surface area contributed by atoms with E-state index in [1.165, 1.54) is 41.9 Å². The van der Waals surface area contributed by atoms with Gasteiger partial charge in [0.25, 0.3) is 5.91 Å². The highest BCUT2D eigenvalue weighted by Gasteiger charge is 2.26. The maximum atomic E-state index is 13.0. The molecule has 0 atom stereocenters. The van der Waals surface area contributed by atoms with Crippen LogP contribution in [0, 0.1) is 0 Å². The summed E-state index contributed by atoms with van der Waals surface area (Å²) in [5.41, 5.74) is 9.55. The number of aryl methyl sites for hydroxylation is 2. The monoisotopic (exact) mass is 358 g/mol. The Morgan fingerprint density at radius 3 is 2.72 bits per heavy atom. The van der Waals surface area contributed by atoms with Crippen molar-refractivity contribution >= 4 is 33.1 Å². The molecular formula is C19H26N4OS.